The summed E-state index contributed by atoms with van der Waals surface area (Å²) < 4.78 is 26.7. The fraction of sp³-hybridized carbons (Fsp3) is 0.167. The second kappa shape index (κ2) is 8.91. The van der Waals surface area contributed by atoms with E-state index in [0.29, 0.717) is 34.8 Å². The van der Waals surface area contributed by atoms with E-state index in [1.54, 1.807) is 43.8 Å². The van der Waals surface area contributed by atoms with Crippen LogP contribution >= 0.6 is 0 Å². The number of nitrogens with zero attached hydrogens (tertiary/aromatic N) is 5. The number of benzene rings is 2. The molecule has 0 saturated heterocycles. The smallest absolute Gasteiger partial charge is 0.277 e. The maximum atomic E-state index is 13.4. The second-order valence-corrected chi connectivity index (χ2v) is 7.65. The van der Waals surface area contributed by atoms with Crippen molar-refractivity contribution >= 4 is 5.52 Å². The van der Waals surface area contributed by atoms with Gasteiger partial charge in [0.05, 0.1) is 19.4 Å². The highest BCUT2D eigenvalue weighted by Crippen LogP contribution is 2.26. The van der Waals surface area contributed by atoms with Gasteiger partial charge in [0.2, 0.25) is 5.89 Å². The molecule has 0 aliphatic rings. The van der Waals surface area contributed by atoms with Gasteiger partial charge in [-0.15, -0.1) is 0 Å². The predicted molar refractivity (Wildman–Crippen MR) is 120 cm³/mol. The average Bonchev–Trinajstić information content (AvgIpc) is 3.45. The molecule has 0 saturated carbocycles. The molecule has 0 unspecified atom stereocenters. The third kappa shape index (κ3) is 4.06. The van der Waals surface area contributed by atoms with Gasteiger partial charge < -0.3 is 18.9 Å². The quantitative estimate of drug-likeness (QED) is 0.397. The standard InChI is InChI=1S/C24H20FN5O4/c1-33-18-7-5-16(6-8-18)22-19(14-31)23-24(32)29(9-10-30(23)27-22)13-21-26-20(28-34-21)12-15-3-2-4-17(25)11-15/h2-11,31H,12-14H2,1H3. The van der Waals surface area contributed by atoms with Crippen LogP contribution in [-0.2, 0) is 19.6 Å². The molecule has 34 heavy (non-hydrogen) atoms. The van der Waals surface area contributed by atoms with Gasteiger partial charge in [0.25, 0.3) is 5.56 Å². The highest BCUT2D eigenvalue weighted by atomic mass is 19.1. The lowest BCUT2D eigenvalue weighted by Crippen LogP contribution is -2.22. The summed E-state index contributed by atoms with van der Waals surface area (Å²) in [4.78, 5) is 17.6. The van der Waals surface area contributed by atoms with Crippen molar-refractivity contribution in [2.45, 2.75) is 19.6 Å². The van der Waals surface area contributed by atoms with Gasteiger partial charge in [-0.2, -0.15) is 10.1 Å². The number of hydrogen-bond donors (Lipinski definition) is 1. The topological polar surface area (TPSA) is 108 Å². The van der Waals surface area contributed by atoms with Crippen LogP contribution < -0.4 is 10.3 Å². The minimum atomic E-state index is -0.359. The Kier molecular flexibility index (Phi) is 5.64. The number of fused-ring (bicyclic) bond motifs is 1. The zero-order valence-electron chi connectivity index (χ0n) is 18.2. The Morgan fingerprint density at radius 3 is 2.71 bits per heavy atom. The van der Waals surface area contributed by atoms with E-state index in [1.807, 2.05) is 12.1 Å². The fourth-order valence-corrected chi connectivity index (χ4v) is 3.81. The first kappa shape index (κ1) is 21.5. The van der Waals surface area contributed by atoms with Gasteiger partial charge in [0.15, 0.2) is 5.82 Å². The number of halogens is 1. The van der Waals surface area contributed by atoms with Crippen LogP contribution in [-0.4, -0.2) is 36.5 Å². The van der Waals surface area contributed by atoms with Gasteiger partial charge in [0.1, 0.15) is 23.6 Å². The lowest BCUT2D eigenvalue weighted by molar-refractivity contribution is 0.283. The Balaban J connectivity index is 1.45. The minimum Gasteiger partial charge on any atom is -0.497 e. The Labute approximate surface area is 192 Å². The summed E-state index contributed by atoms with van der Waals surface area (Å²) in [6.45, 7) is -0.318. The SMILES string of the molecule is COc1ccc(-c2nn3ccn(Cc4nc(Cc5cccc(F)c5)no4)c(=O)c3c2CO)cc1. The van der Waals surface area contributed by atoms with Crippen LogP contribution in [0.2, 0.25) is 0 Å². The molecule has 9 nitrogen and oxygen atoms in total. The number of aliphatic hydroxyl groups is 1. The van der Waals surface area contributed by atoms with Crippen molar-refractivity contribution in [3.63, 3.8) is 0 Å². The Morgan fingerprint density at radius 1 is 1.15 bits per heavy atom. The third-order valence-corrected chi connectivity index (χ3v) is 5.45. The van der Waals surface area contributed by atoms with Gasteiger partial charge in [-0.05, 0) is 42.0 Å². The van der Waals surface area contributed by atoms with Crippen molar-refractivity contribution in [1.29, 1.82) is 0 Å². The average molecular weight is 461 g/mol. The predicted octanol–water partition coefficient (Wildman–Crippen LogP) is 2.83. The molecule has 2 aromatic carbocycles. The van der Waals surface area contributed by atoms with Gasteiger partial charge in [0, 0.05) is 29.9 Å². The van der Waals surface area contributed by atoms with Gasteiger partial charge >= 0.3 is 0 Å². The highest BCUT2D eigenvalue weighted by Gasteiger charge is 2.19. The van der Waals surface area contributed by atoms with Crippen molar-refractivity contribution in [2.75, 3.05) is 7.11 Å². The number of ether oxygens (including phenoxy) is 1. The molecule has 10 heteroatoms. The number of aliphatic hydroxyl groups excluding tert-OH is 1. The lowest BCUT2D eigenvalue weighted by atomic mass is 10.1. The summed E-state index contributed by atoms with van der Waals surface area (Å²) in [6, 6.07) is 13.4. The molecule has 172 valence electrons. The maximum absolute atomic E-state index is 13.4. The molecular formula is C24H20FN5O4. The molecular weight excluding hydrogens is 441 g/mol. The fourth-order valence-electron chi connectivity index (χ4n) is 3.81. The summed E-state index contributed by atoms with van der Waals surface area (Å²) in [7, 11) is 1.58. The Morgan fingerprint density at radius 2 is 1.97 bits per heavy atom. The van der Waals surface area contributed by atoms with Crippen LogP contribution in [0.4, 0.5) is 4.39 Å². The molecule has 0 radical (unpaired) electrons. The van der Waals surface area contributed by atoms with Crippen LogP contribution in [0.1, 0.15) is 22.8 Å². The number of hydrogen-bond acceptors (Lipinski definition) is 7. The molecule has 3 heterocycles. The first-order chi connectivity index (χ1) is 16.6. The van der Waals surface area contributed by atoms with Crippen molar-refractivity contribution in [3.05, 3.63) is 99.9 Å². The van der Waals surface area contributed by atoms with E-state index in [0.717, 1.165) is 5.56 Å². The van der Waals surface area contributed by atoms with Crippen LogP contribution in [0.25, 0.3) is 16.8 Å². The molecule has 0 bridgehead atoms. The maximum Gasteiger partial charge on any atom is 0.277 e. The first-order valence-corrected chi connectivity index (χ1v) is 10.5. The molecule has 0 atom stereocenters. The molecule has 5 rings (SSSR count). The lowest BCUT2D eigenvalue weighted by Gasteiger charge is -2.04. The largest absolute Gasteiger partial charge is 0.497 e. The van der Waals surface area contributed by atoms with Crippen LogP contribution in [0, 0.1) is 5.82 Å². The monoisotopic (exact) mass is 461 g/mol. The normalized spacial score (nSPS) is 11.3. The number of aromatic nitrogens is 5. The summed E-state index contributed by atoms with van der Waals surface area (Å²) in [6.07, 6.45) is 3.50. The second-order valence-electron chi connectivity index (χ2n) is 7.65. The van der Waals surface area contributed by atoms with E-state index in [-0.39, 0.29) is 35.9 Å². The molecule has 0 aliphatic carbocycles. The zero-order valence-corrected chi connectivity index (χ0v) is 18.2. The van der Waals surface area contributed by atoms with Gasteiger partial charge in [-0.3, -0.25) is 4.79 Å². The van der Waals surface area contributed by atoms with E-state index in [2.05, 4.69) is 15.2 Å². The Bertz CT molecular complexity index is 1520. The summed E-state index contributed by atoms with van der Waals surface area (Å²) >= 11 is 0. The third-order valence-electron chi connectivity index (χ3n) is 5.45. The molecule has 0 spiro atoms. The zero-order chi connectivity index (χ0) is 23.7. The molecule has 1 N–H and O–H groups in total. The van der Waals surface area contributed by atoms with Crippen molar-refractivity contribution in [2.24, 2.45) is 0 Å². The van der Waals surface area contributed by atoms with E-state index < -0.39 is 0 Å². The van der Waals surface area contributed by atoms with Gasteiger partial charge in [-0.1, -0.05) is 17.3 Å². The van der Waals surface area contributed by atoms with E-state index in [1.165, 1.54) is 21.2 Å². The number of methoxy groups -OCH3 is 1. The van der Waals surface area contributed by atoms with E-state index >= 15 is 0 Å². The molecule has 5 aromatic rings. The van der Waals surface area contributed by atoms with Crippen molar-refractivity contribution < 1.29 is 18.8 Å². The van der Waals surface area contributed by atoms with Gasteiger partial charge in [-0.25, -0.2) is 8.91 Å². The van der Waals surface area contributed by atoms with E-state index in [9.17, 15) is 14.3 Å². The summed E-state index contributed by atoms with van der Waals surface area (Å²) in [5.74, 6) is 0.975. The van der Waals surface area contributed by atoms with E-state index in [4.69, 9.17) is 9.26 Å². The van der Waals surface area contributed by atoms with Crippen molar-refractivity contribution in [3.8, 4) is 17.0 Å². The Hall–Kier alpha value is -4.31. The highest BCUT2D eigenvalue weighted by molar-refractivity contribution is 5.72. The summed E-state index contributed by atoms with van der Waals surface area (Å²) in [5.41, 5.74) is 2.29. The number of rotatable bonds is 7. The molecule has 0 amide bonds. The van der Waals surface area contributed by atoms with Crippen LogP contribution in [0.5, 0.6) is 5.75 Å². The summed E-state index contributed by atoms with van der Waals surface area (Å²) in [5, 5.41) is 18.5. The minimum absolute atomic E-state index is 0.0411. The molecule has 0 fully saturated rings. The molecule has 3 aromatic heterocycles. The van der Waals surface area contributed by atoms with Crippen LogP contribution in [0.3, 0.4) is 0 Å². The van der Waals surface area contributed by atoms with Crippen LogP contribution in [0.15, 0.2) is 70.2 Å². The molecule has 0 aliphatic heterocycles. The first-order valence-electron chi connectivity index (χ1n) is 10.5. The van der Waals surface area contributed by atoms with Crippen molar-refractivity contribution in [1.82, 2.24) is 24.3 Å².